The summed E-state index contributed by atoms with van der Waals surface area (Å²) in [6, 6.07) is 13.9. The van der Waals surface area contributed by atoms with Gasteiger partial charge in [-0.1, -0.05) is 26.0 Å². The molecule has 2 unspecified atom stereocenters. The van der Waals surface area contributed by atoms with E-state index in [1.54, 1.807) is 0 Å². The van der Waals surface area contributed by atoms with E-state index >= 15 is 0 Å². The van der Waals surface area contributed by atoms with Gasteiger partial charge in [-0.25, -0.2) is 0 Å². The Bertz CT molecular complexity index is 862. The number of ether oxygens (including phenoxy) is 1. The van der Waals surface area contributed by atoms with E-state index in [4.69, 9.17) is 4.74 Å². The smallest absolute Gasteiger partial charge is 0.0510 e. The predicted molar refractivity (Wildman–Crippen MR) is 157 cm³/mol. The minimum atomic E-state index is 0.498. The Morgan fingerprint density at radius 1 is 0.657 bits per heavy atom. The molecule has 0 amide bonds. The molecule has 2 atom stereocenters. The number of hydrogen-bond donors (Lipinski definition) is 0. The number of hydrogen-bond acceptors (Lipinski definition) is 3. The summed E-state index contributed by atoms with van der Waals surface area (Å²) in [6.07, 6.45) is 10.1. The number of rotatable bonds is 10. The van der Waals surface area contributed by atoms with Crippen LogP contribution in [0.2, 0.25) is 0 Å². The van der Waals surface area contributed by atoms with E-state index in [-0.39, 0.29) is 0 Å². The second-order valence-electron chi connectivity index (χ2n) is 10.5. The third-order valence-corrected chi connectivity index (χ3v) is 9.14. The molecule has 2 aromatic carbocycles. The maximum atomic E-state index is 6.08. The standard InChI is InChI=1S/C30H42Br2N2O/c1-23(25-9-11-29(27(31)21-25)33-15-5-3-6-16-33)13-19-35-20-14-24(2)26-10-12-30(28(32)22-26)34-17-7-4-8-18-34/h9-12,21-24H,3-8,13-20H2,1-2H3. The molecule has 2 aliphatic rings. The highest BCUT2D eigenvalue weighted by molar-refractivity contribution is 9.11. The summed E-state index contributed by atoms with van der Waals surface area (Å²) in [6.45, 7) is 11.0. The molecular weight excluding hydrogens is 564 g/mol. The van der Waals surface area contributed by atoms with Gasteiger partial charge in [0.15, 0.2) is 0 Å². The van der Waals surface area contributed by atoms with Gasteiger partial charge in [0.05, 0.1) is 11.4 Å². The van der Waals surface area contributed by atoms with Gasteiger partial charge in [0.25, 0.3) is 0 Å². The SMILES string of the molecule is CC(CCOCCC(C)c1ccc(N2CCCCC2)c(Br)c1)c1ccc(N2CCCCC2)c(Br)c1. The Morgan fingerprint density at radius 2 is 1.06 bits per heavy atom. The van der Waals surface area contributed by atoms with Gasteiger partial charge >= 0.3 is 0 Å². The lowest BCUT2D eigenvalue weighted by Gasteiger charge is -2.30. The molecule has 2 aliphatic heterocycles. The second-order valence-corrected chi connectivity index (χ2v) is 12.2. The second kappa shape index (κ2) is 13.5. The van der Waals surface area contributed by atoms with Gasteiger partial charge in [-0.2, -0.15) is 0 Å². The van der Waals surface area contributed by atoms with Gasteiger partial charge in [0.2, 0.25) is 0 Å². The molecule has 0 bridgehead atoms. The molecule has 0 N–H and O–H groups in total. The van der Waals surface area contributed by atoms with Crippen molar-refractivity contribution in [3.05, 3.63) is 56.5 Å². The van der Waals surface area contributed by atoms with E-state index in [0.717, 1.165) is 26.1 Å². The van der Waals surface area contributed by atoms with Crippen molar-refractivity contribution in [2.24, 2.45) is 0 Å². The third-order valence-electron chi connectivity index (χ3n) is 7.87. The molecule has 2 aromatic rings. The average molecular weight is 606 g/mol. The molecule has 0 spiro atoms. The number of benzene rings is 2. The van der Waals surface area contributed by atoms with Crippen molar-refractivity contribution in [1.82, 2.24) is 0 Å². The van der Waals surface area contributed by atoms with Gasteiger partial charge < -0.3 is 14.5 Å². The van der Waals surface area contributed by atoms with Crippen molar-refractivity contribution in [2.75, 3.05) is 49.2 Å². The molecule has 0 radical (unpaired) electrons. The van der Waals surface area contributed by atoms with Crippen LogP contribution in [0.3, 0.4) is 0 Å². The zero-order chi connectivity index (χ0) is 24.6. The van der Waals surface area contributed by atoms with Gasteiger partial charge in [-0.15, -0.1) is 0 Å². The van der Waals surface area contributed by atoms with Crippen LogP contribution in [0.15, 0.2) is 45.3 Å². The molecule has 35 heavy (non-hydrogen) atoms. The number of piperidine rings is 2. The lowest BCUT2D eigenvalue weighted by molar-refractivity contribution is 0.122. The Kier molecular flexibility index (Phi) is 10.4. The lowest BCUT2D eigenvalue weighted by Crippen LogP contribution is -2.29. The van der Waals surface area contributed by atoms with E-state index in [2.05, 4.69) is 91.9 Å². The summed E-state index contributed by atoms with van der Waals surface area (Å²) >= 11 is 7.67. The molecule has 0 aromatic heterocycles. The van der Waals surface area contributed by atoms with Gasteiger partial charge in [-0.05, 0) is 130 Å². The highest BCUT2D eigenvalue weighted by Crippen LogP contribution is 2.34. The summed E-state index contributed by atoms with van der Waals surface area (Å²) in [5.41, 5.74) is 5.49. The topological polar surface area (TPSA) is 15.7 Å². The summed E-state index contributed by atoms with van der Waals surface area (Å²) < 4.78 is 8.54. The Labute approximate surface area is 229 Å². The lowest BCUT2D eigenvalue weighted by atomic mass is 9.97. The number of nitrogens with zero attached hydrogens (tertiary/aromatic N) is 2. The molecule has 4 rings (SSSR count). The summed E-state index contributed by atoms with van der Waals surface area (Å²) in [5, 5.41) is 0. The molecule has 0 saturated carbocycles. The Morgan fingerprint density at radius 3 is 1.43 bits per heavy atom. The molecule has 2 heterocycles. The zero-order valence-corrected chi connectivity index (χ0v) is 24.7. The highest BCUT2D eigenvalue weighted by Gasteiger charge is 2.17. The van der Waals surface area contributed by atoms with Crippen LogP contribution in [0.25, 0.3) is 0 Å². The molecule has 192 valence electrons. The summed E-state index contributed by atoms with van der Waals surface area (Å²) in [5.74, 6) is 0.995. The van der Waals surface area contributed by atoms with Crippen LogP contribution >= 0.6 is 31.9 Å². The summed E-state index contributed by atoms with van der Waals surface area (Å²) in [7, 11) is 0. The molecule has 0 aliphatic carbocycles. The fraction of sp³-hybridized carbons (Fsp3) is 0.600. The van der Waals surface area contributed by atoms with Gasteiger partial charge in [0.1, 0.15) is 0 Å². The van der Waals surface area contributed by atoms with Crippen LogP contribution in [-0.2, 0) is 4.74 Å². The van der Waals surface area contributed by atoms with Crippen LogP contribution in [0.5, 0.6) is 0 Å². The van der Waals surface area contributed by atoms with Crippen molar-refractivity contribution < 1.29 is 4.74 Å². The normalized spacial score (nSPS) is 18.5. The van der Waals surface area contributed by atoms with E-state index in [1.807, 2.05) is 0 Å². The van der Waals surface area contributed by atoms with Crippen molar-refractivity contribution in [1.29, 1.82) is 0 Å². The number of anilines is 2. The maximum absolute atomic E-state index is 6.08. The van der Waals surface area contributed by atoms with Crippen molar-refractivity contribution in [2.45, 2.75) is 77.0 Å². The van der Waals surface area contributed by atoms with Crippen molar-refractivity contribution in [3.63, 3.8) is 0 Å². The van der Waals surface area contributed by atoms with Crippen LogP contribution in [0.1, 0.15) is 88.2 Å². The van der Waals surface area contributed by atoms with E-state index in [9.17, 15) is 0 Å². The largest absolute Gasteiger partial charge is 0.381 e. The molecule has 5 heteroatoms. The Balaban J connectivity index is 1.19. The zero-order valence-electron chi connectivity index (χ0n) is 21.6. The maximum Gasteiger partial charge on any atom is 0.0510 e. The molecule has 2 fully saturated rings. The fourth-order valence-electron chi connectivity index (χ4n) is 5.40. The van der Waals surface area contributed by atoms with E-state index in [1.165, 1.54) is 96.2 Å². The van der Waals surface area contributed by atoms with Crippen LogP contribution in [0.4, 0.5) is 11.4 Å². The number of halogens is 2. The first-order valence-electron chi connectivity index (χ1n) is 13.7. The Hall–Kier alpha value is -1.04. The molecule has 2 saturated heterocycles. The first-order chi connectivity index (χ1) is 17.0. The third kappa shape index (κ3) is 7.49. The molecule has 3 nitrogen and oxygen atoms in total. The predicted octanol–water partition coefficient (Wildman–Crippen LogP) is 8.90. The van der Waals surface area contributed by atoms with E-state index < -0.39 is 0 Å². The van der Waals surface area contributed by atoms with Crippen LogP contribution in [0, 0.1) is 0 Å². The van der Waals surface area contributed by atoms with Crippen LogP contribution in [-0.4, -0.2) is 39.4 Å². The monoisotopic (exact) mass is 604 g/mol. The minimum Gasteiger partial charge on any atom is -0.381 e. The highest BCUT2D eigenvalue weighted by atomic mass is 79.9. The van der Waals surface area contributed by atoms with Gasteiger partial charge in [0, 0.05) is 48.3 Å². The fourth-order valence-corrected chi connectivity index (χ4v) is 6.69. The average Bonchev–Trinajstić information content (AvgIpc) is 2.89. The van der Waals surface area contributed by atoms with Crippen LogP contribution < -0.4 is 9.80 Å². The van der Waals surface area contributed by atoms with Gasteiger partial charge in [-0.3, -0.25) is 0 Å². The minimum absolute atomic E-state index is 0.498. The quantitative estimate of drug-likeness (QED) is 0.251. The van der Waals surface area contributed by atoms with E-state index in [0.29, 0.717) is 11.8 Å². The summed E-state index contributed by atoms with van der Waals surface area (Å²) in [4.78, 5) is 5.04. The van der Waals surface area contributed by atoms with Crippen molar-refractivity contribution in [3.8, 4) is 0 Å². The van der Waals surface area contributed by atoms with Crippen molar-refractivity contribution >= 4 is 43.2 Å². The molecular formula is C30H42Br2N2O. The first-order valence-corrected chi connectivity index (χ1v) is 15.3. The first kappa shape index (κ1) is 27.0.